The molecule has 0 N–H and O–H groups in total. The molecule has 3 heterocycles. The molecule has 0 radical (unpaired) electrons. The molecular weight excluding hydrogens is 352 g/mol. The van der Waals surface area contributed by atoms with E-state index in [-0.39, 0.29) is 11.3 Å². The molecule has 1 atom stereocenters. The summed E-state index contributed by atoms with van der Waals surface area (Å²) in [6.07, 6.45) is 5.67. The molecule has 1 unspecified atom stereocenters. The van der Waals surface area contributed by atoms with Gasteiger partial charge in [0.15, 0.2) is 0 Å². The fraction of sp³-hybridized carbons (Fsp3) is 0.389. The number of amides is 1. The van der Waals surface area contributed by atoms with Crippen LogP contribution in [0.3, 0.4) is 0 Å². The molecule has 1 aromatic heterocycles. The van der Waals surface area contributed by atoms with Gasteiger partial charge in [-0.05, 0) is 25.0 Å². The summed E-state index contributed by atoms with van der Waals surface area (Å²) >= 11 is 0. The zero-order chi connectivity index (χ0) is 18.4. The molecule has 26 heavy (non-hydrogen) atoms. The number of sulfonamides is 1. The van der Waals surface area contributed by atoms with Crippen molar-refractivity contribution < 1.29 is 13.2 Å². The average Bonchev–Trinajstić information content (AvgIpc) is 3.20. The fourth-order valence-corrected chi connectivity index (χ4v) is 5.70. The van der Waals surface area contributed by atoms with Crippen LogP contribution >= 0.6 is 0 Å². The topological polar surface area (TPSA) is 83.5 Å². The van der Waals surface area contributed by atoms with Crippen LogP contribution in [0, 0.1) is 12.3 Å². The summed E-state index contributed by atoms with van der Waals surface area (Å²) in [5.74, 6) is -0.00469. The highest BCUT2D eigenvalue weighted by atomic mass is 32.2. The van der Waals surface area contributed by atoms with Gasteiger partial charge in [-0.15, -0.1) is 0 Å². The molecule has 0 bridgehead atoms. The third kappa shape index (κ3) is 2.79. The first kappa shape index (κ1) is 17.1. The maximum absolute atomic E-state index is 13.0. The first-order chi connectivity index (χ1) is 12.4. The summed E-state index contributed by atoms with van der Waals surface area (Å²) in [5.41, 5.74) is 1.05. The summed E-state index contributed by atoms with van der Waals surface area (Å²) in [6.45, 7) is 3.09. The normalized spacial score (nSPS) is 23.9. The second-order valence-corrected chi connectivity index (χ2v) is 9.01. The maximum atomic E-state index is 13.0. The first-order valence-corrected chi connectivity index (χ1v) is 9.97. The Kier molecular flexibility index (Phi) is 4.04. The molecule has 1 aromatic carbocycles. The number of anilines is 1. The molecule has 7 nitrogen and oxygen atoms in total. The van der Waals surface area contributed by atoms with E-state index in [1.54, 1.807) is 42.4 Å². The Morgan fingerprint density at radius 3 is 2.58 bits per heavy atom. The quantitative estimate of drug-likeness (QED) is 0.817. The lowest BCUT2D eigenvalue weighted by Crippen LogP contribution is -2.34. The summed E-state index contributed by atoms with van der Waals surface area (Å²) in [7, 11) is -3.55. The van der Waals surface area contributed by atoms with Crippen molar-refractivity contribution in [3.05, 3.63) is 48.5 Å². The minimum atomic E-state index is -3.55. The van der Waals surface area contributed by atoms with Gasteiger partial charge >= 0.3 is 0 Å². The highest BCUT2D eigenvalue weighted by Crippen LogP contribution is 2.43. The number of rotatable bonds is 3. The Hall–Kier alpha value is -2.32. The number of hydrogen-bond acceptors (Lipinski definition) is 5. The Labute approximate surface area is 152 Å². The van der Waals surface area contributed by atoms with Crippen molar-refractivity contribution in [1.82, 2.24) is 14.3 Å². The molecule has 1 spiro atoms. The summed E-state index contributed by atoms with van der Waals surface area (Å²) < 4.78 is 27.6. The molecule has 2 fully saturated rings. The number of carbonyl (C=O) groups excluding carboxylic acids is 1. The summed E-state index contributed by atoms with van der Waals surface area (Å²) in [4.78, 5) is 22.5. The molecule has 2 aromatic rings. The number of nitrogens with zero attached hydrogens (tertiary/aromatic N) is 4. The first-order valence-electron chi connectivity index (χ1n) is 8.53. The average molecular weight is 372 g/mol. The van der Waals surface area contributed by atoms with E-state index < -0.39 is 10.0 Å². The van der Waals surface area contributed by atoms with Gasteiger partial charge in [-0.2, -0.15) is 4.31 Å². The Balaban J connectivity index is 1.57. The minimum Gasteiger partial charge on any atom is -0.309 e. The van der Waals surface area contributed by atoms with Crippen molar-refractivity contribution in [2.75, 3.05) is 24.5 Å². The smallest absolute Gasteiger partial charge is 0.243 e. The van der Waals surface area contributed by atoms with Gasteiger partial charge in [-0.3, -0.25) is 4.79 Å². The molecule has 2 aliphatic rings. The SMILES string of the molecule is Cc1ccccc1S(=O)(=O)N1CCC2(CC(=O)N(c3cncnc3)C2)C1. The van der Waals surface area contributed by atoms with Crippen LogP contribution in [0.5, 0.6) is 0 Å². The summed E-state index contributed by atoms with van der Waals surface area (Å²) in [5, 5.41) is 0. The van der Waals surface area contributed by atoms with Gasteiger partial charge in [-0.25, -0.2) is 18.4 Å². The van der Waals surface area contributed by atoms with Gasteiger partial charge in [0.05, 0.1) is 23.0 Å². The van der Waals surface area contributed by atoms with Gasteiger partial charge in [0.25, 0.3) is 0 Å². The largest absolute Gasteiger partial charge is 0.309 e. The van der Waals surface area contributed by atoms with Crippen LogP contribution in [0.4, 0.5) is 5.69 Å². The van der Waals surface area contributed by atoms with Crippen molar-refractivity contribution in [1.29, 1.82) is 0 Å². The Morgan fingerprint density at radius 2 is 1.85 bits per heavy atom. The molecule has 136 valence electrons. The van der Waals surface area contributed by atoms with Gasteiger partial charge in [0.2, 0.25) is 15.9 Å². The van der Waals surface area contributed by atoms with E-state index in [2.05, 4.69) is 9.97 Å². The zero-order valence-corrected chi connectivity index (χ0v) is 15.3. The molecular formula is C18H20N4O3S. The third-order valence-electron chi connectivity index (χ3n) is 5.29. The molecule has 2 aliphatic heterocycles. The van der Waals surface area contributed by atoms with E-state index in [0.29, 0.717) is 43.1 Å². The standard InChI is InChI=1S/C18H20N4O3S/c1-14-4-2-3-5-16(14)26(24,25)21-7-6-18(11-21)8-17(23)22(12-18)15-9-19-13-20-10-15/h2-5,9-10,13H,6-8,11-12H2,1H3. The van der Waals surface area contributed by atoms with Crippen LogP contribution in [0.15, 0.2) is 47.9 Å². The van der Waals surface area contributed by atoms with Gasteiger partial charge < -0.3 is 4.90 Å². The van der Waals surface area contributed by atoms with Crippen molar-refractivity contribution >= 4 is 21.6 Å². The second kappa shape index (κ2) is 6.14. The predicted octanol–water partition coefficient (Wildman–Crippen LogP) is 1.60. The van der Waals surface area contributed by atoms with Crippen molar-refractivity contribution in [3.8, 4) is 0 Å². The molecule has 0 aliphatic carbocycles. The maximum Gasteiger partial charge on any atom is 0.243 e. The van der Waals surface area contributed by atoms with Gasteiger partial charge in [0, 0.05) is 31.5 Å². The third-order valence-corrected chi connectivity index (χ3v) is 7.30. The molecule has 1 amide bonds. The van der Waals surface area contributed by atoms with Crippen LogP contribution < -0.4 is 4.90 Å². The van der Waals surface area contributed by atoms with Crippen LogP contribution in [-0.2, 0) is 14.8 Å². The molecule has 0 saturated carbocycles. The van der Waals surface area contributed by atoms with Crippen molar-refractivity contribution in [2.45, 2.75) is 24.7 Å². The van der Waals surface area contributed by atoms with Crippen LogP contribution in [0.2, 0.25) is 0 Å². The predicted molar refractivity (Wildman–Crippen MR) is 96.0 cm³/mol. The summed E-state index contributed by atoms with van der Waals surface area (Å²) in [6, 6.07) is 7.01. The number of carbonyl (C=O) groups is 1. The number of hydrogen-bond donors (Lipinski definition) is 0. The van der Waals surface area contributed by atoms with E-state index in [4.69, 9.17) is 0 Å². The van der Waals surface area contributed by atoms with E-state index in [1.165, 1.54) is 10.6 Å². The monoisotopic (exact) mass is 372 g/mol. The Bertz CT molecular complexity index is 948. The van der Waals surface area contributed by atoms with E-state index in [1.807, 2.05) is 6.07 Å². The zero-order valence-electron chi connectivity index (χ0n) is 14.5. The number of benzene rings is 1. The van der Waals surface area contributed by atoms with Crippen LogP contribution in [0.1, 0.15) is 18.4 Å². The lowest BCUT2D eigenvalue weighted by atomic mass is 9.86. The van der Waals surface area contributed by atoms with E-state index >= 15 is 0 Å². The van der Waals surface area contributed by atoms with Gasteiger partial charge in [-0.1, -0.05) is 18.2 Å². The van der Waals surface area contributed by atoms with E-state index in [0.717, 1.165) is 5.56 Å². The number of aryl methyl sites for hydroxylation is 1. The number of aromatic nitrogens is 2. The lowest BCUT2D eigenvalue weighted by molar-refractivity contribution is -0.117. The van der Waals surface area contributed by atoms with Crippen molar-refractivity contribution in [2.24, 2.45) is 5.41 Å². The van der Waals surface area contributed by atoms with Crippen LogP contribution in [0.25, 0.3) is 0 Å². The molecule has 4 rings (SSSR count). The minimum absolute atomic E-state index is 0.00469. The molecule has 8 heteroatoms. The lowest BCUT2D eigenvalue weighted by Gasteiger charge is -2.24. The molecule has 2 saturated heterocycles. The van der Waals surface area contributed by atoms with Gasteiger partial charge in [0.1, 0.15) is 6.33 Å². The second-order valence-electron chi connectivity index (χ2n) is 7.11. The highest BCUT2D eigenvalue weighted by molar-refractivity contribution is 7.89. The highest BCUT2D eigenvalue weighted by Gasteiger charge is 2.50. The van der Waals surface area contributed by atoms with E-state index in [9.17, 15) is 13.2 Å². The van der Waals surface area contributed by atoms with Crippen molar-refractivity contribution in [3.63, 3.8) is 0 Å². The van der Waals surface area contributed by atoms with Crippen LogP contribution in [-0.4, -0.2) is 48.2 Å². The fourth-order valence-electron chi connectivity index (χ4n) is 3.92. The Morgan fingerprint density at radius 1 is 1.12 bits per heavy atom.